The van der Waals surface area contributed by atoms with Crippen LogP contribution in [-0.2, 0) is 38.1 Å². The number of carbonyl (C=O) groups is 4. The van der Waals surface area contributed by atoms with Crippen molar-refractivity contribution in [2.75, 3.05) is 26.4 Å². The monoisotopic (exact) mass is 346 g/mol. The number of rotatable bonds is 10. The zero-order valence-electron chi connectivity index (χ0n) is 14.8. The molecular formula is C16H26O8. The summed E-state index contributed by atoms with van der Waals surface area (Å²) in [7, 11) is 0. The number of carbonyl (C=O) groups excluding carboxylic acids is 4. The molecule has 0 aliphatic carbocycles. The Labute approximate surface area is 141 Å². The molecule has 0 fully saturated rings. The minimum absolute atomic E-state index is 0.0466. The topological polar surface area (TPSA) is 105 Å². The Kier molecular flexibility index (Phi) is 10.4. The standard InChI is InChI=1S/C16H26O8/c1-6-21-13(17)11(14(18)22-7-2)10(5)12(15(19)23-8-3)16(20)24-9-4/h10-12H,6-9H2,1-5H3. The Bertz CT molecular complexity index is 369. The lowest BCUT2D eigenvalue weighted by Crippen LogP contribution is -2.43. The van der Waals surface area contributed by atoms with E-state index in [-0.39, 0.29) is 26.4 Å². The summed E-state index contributed by atoms with van der Waals surface area (Å²) in [6.07, 6.45) is 0. The third-order valence-corrected chi connectivity index (χ3v) is 3.21. The van der Waals surface area contributed by atoms with Crippen molar-refractivity contribution in [2.45, 2.75) is 34.6 Å². The van der Waals surface area contributed by atoms with E-state index in [2.05, 4.69) is 0 Å². The number of ether oxygens (including phenoxy) is 4. The zero-order valence-corrected chi connectivity index (χ0v) is 14.8. The van der Waals surface area contributed by atoms with Gasteiger partial charge < -0.3 is 18.9 Å². The molecule has 0 N–H and O–H groups in total. The van der Waals surface area contributed by atoms with E-state index in [9.17, 15) is 19.2 Å². The van der Waals surface area contributed by atoms with E-state index in [1.165, 1.54) is 6.92 Å². The summed E-state index contributed by atoms with van der Waals surface area (Å²) in [6.45, 7) is 7.93. The van der Waals surface area contributed by atoms with Gasteiger partial charge in [0.2, 0.25) is 0 Å². The molecule has 0 radical (unpaired) electrons. The van der Waals surface area contributed by atoms with Crippen molar-refractivity contribution >= 4 is 23.9 Å². The van der Waals surface area contributed by atoms with Gasteiger partial charge in [0.25, 0.3) is 0 Å². The van der Waals surface area contributed by atoms with Gasteiger partial charge in [-0.25, -0.2) is 0 Å². The maximum atomic E-state index is 12.1. The fourth-order valence-electron chi connectivity index (χ4n) is 2.17. The molecule has 0 rings (SSSR count). The van der Waals surface area contributed by atoms with Crippen LogP contribution >= 0.6 is 0 Å². The van der Waals surface area contributed by atoms with Crippen LogP contribution in [0.2, 0.25) is 0 Å². The van der Waals surface area contributed by atoms with E-state index >= 15 is 0 Å². The molecule has 0 heterocycles. The molecule has 0 aromatic heterocycles. The van der Waals surface area contributed by atoms with Crippen molar-refractivity contribution in [3.8, 4) is 0 Å². The quantitative estimate of drug-likeness (QED) is 0.329. The van der Waals surface area contributed by atoms with Crippen LogP contribution in [0.4, 0.5) is 0 Å². The summed E-state index contributed by atoms with van der Waals surface area (Å²) in [5.41, 5.74) is 0. The summed E-state index contributed by atoms with van der Waals surface area (Å²) in [6, 6.07) is 0. The fourth-order valence-corrected chi connectivity index (χ4v) is 2.17. The van der Waals surface area contributed by atoms with Crippen LogP contribution in [-0.4, -0.2) is 50.3 Å². The third-order valence-electron chi connectivity index (χ3n) is 3.21. The highest BCUT2D eigenvalue weighted by atomic mass is 16.6. The first-order valence-corrected chi connectivity index (χ1v) is 8.01. The van der Waals surface area contributed by atoms with Crippen molar-refractivity contribution in [2.24, 2.45) is 17.8 Å². The first-order chi connectivity index (χ1) is 11.3. The molecule has 24 heavy (non-hydrogen) atoms. The fraction of sp³-hybridized carbons (Fsp3) is 0.750. The maximum absolute atomic E-state index is 12.1. The van der Waals surface area contributed by atoms with Gasteiger partial charge in [0.05, 0.1) is 26.4 Å². The number of hydrogen-bond donors (Lipinski definition) is 0. The average molecular weight is 346 g/mol. The minimum Gasteiger partial charge on any atom is -0.465 e. The molecule has 0 aromatic carbocycles. The molecule has 0 atom stereocenters. The van der Waals surface area contributed by atoms with Gasteiger partial charge in [-0.1, -0.05) is 6.92 Å². The Morgan fingerprint density at radius 1 is 0.583 bits per heavy atom. The van der Waals surface area contributed by atoms with E-state index in [0.717, 1.165) is 0 Å². The lowest BCUT2D eigenvalue weighted by atomic mass is 9.82. The molecule has 8 heteroatoms. The van der Waals surface area contributed by atoms with E-state index in [1.807, 2.05) is 0 Å². The van der Waals surface area contributed by atoms with E-state index in [1.54, 1.807) is 27.7 Å². The van der Waals surface area contributed by atoms with Crippen molar-refractivity contribution in [1.82, 2.24) is 0 Å². The molecule has 0 aromatic rings. The van der Waals surface area contributed by atoms with Crippen LogP contribution in [0.3, 0.4) is 0 Å². The summed E-state index contributed by atoms with van der Waals surface area (Å²) < 4.78 is 19.5. The second-order valence-electron chi connectivity index (χ2n) is 4.82. The smallest absolute Gasteiger partial charge is 0.320 e. The van der Waals surface area contributed by atoms with Crippen molar-refractivity contribution < 1.29 is 38.1 Å². The van der Waals surface area contributed by atoms with Gasteiger partial charge >= 0.3 is 23.9 Å². The van der Waals surface area contributed by atoms with Gasteiger partial charge in [-0.3, -0.25) is 19.2 Å². The molecule has 138 valence electrons. The number of esters is 4. The second-order valence-corrected chi connectivity index (χ2v) is 4.82. The molecule has 0 aliphatic heterocycles. The van der Waals surface area contributed by atoms with E-state index in [0.29, 0.717) is 0 Å². The first-order valence-electron chi connectivity index (χ1n) is 8.01. The van der Waals surface area contributed by atoms with E-state index in [4.69, 9.17) is 18.9 Å². The highest BCUT2D eigenvalue weighted by Gasteiger charge is 2.46. The highest BCUT2D eigenvalue weighted by Crippen LogP contribution is 2.26. The van der Waals surface area contributed by atoms with Crippen LogP contribution < -0.4 is 0 Å². The Balaban J connectivity index is 5.64. The van der Waals surface area contributed by atoms with Gasteiger partial charge in [0.15, 0.2) is 11.8 Å². The second kappa shape index (κ2) is 11.4. The van der Waals surface area contributed by atoms with Crippen molar-refractivity contribution in [1.29, 1.82) is 0 Å². The Hall–Kier alpha value is -2.12. The Morgan fingerprint density at radius 3 is 0.958 bits per heavy atom. The predicted molar refractivity (Wildman–Crippen MR) is 82.7 cm³/mol. The van der Waals surface area contributed by atoms with Crippen LogP contribution in [0.25, 0.3) is 0 Å². The molecular weight excluding hydrogens is 320 g/mol. The summed E-state index contributed by atoms with van der Waals surface area (Å²) >= 11 is 0. The predicted octanol–water partition coefficient (Wildman–Crippen LogP) is 1.11. The molecule has 0 bridgehead atoms. The average Bonchev–Trinajstić information content (AvgIpc) is 2.48. The van der Waals surface area contributed by atoms with Crippen LogP contribution in [0.5, 0.6) is 0 Å². The molecule has 8 nitrogen and oxygen atoms in total. The molecule has 0 saturated carbocycles. The van der Waals surface area contributed by atoms with Crippen molar-refractivity contribution in [3.63, 3.8) is 0 Å². The lowest BCUT2D eigenvalue weighted by Gasteiger charge is -2.25. The van der Waals surface area contributed by atoms with Gasteiger partial charge in [-0.15, -0.1) is 0 Å². The van der Waals surface area contributed by atoms with E-state index < -0.39 is 41.6 Å². The number of hydrogen-bond acceptors (Lipinski definition) is 8. The minimum atomic E-state index is -1.43. The van der Waals surface area contributed by atoms with Crippen LogP contribution in [0.1, 0.15) is 34.6 Å². The lowest BCUT2D eigenvalue weighted by molar-refractivity contribution is -0.171. The van der Waals surface area contributed by atoms with Gasteiger partial charge in [0, 0.05) is 5.92 Å². The zero-order chi connectivity index (χ0) is 18.7. The molecule has 0 saturated heterocycles. The molecule has 0 amide bonds. The molecule has 0 spiro atoms. The van der Waals surface area contributed by atoms with Gasteiger partial charge in [-0.05, 0) is 27.7 Å². The largest absolute Gasteiger partial charge is 0.465 e. The molecule has 0 unspecified atom stereocenters. The van der Waals surface area contributed by atoms with Gasteiger partial charge in [-0.2, -0.15) is 0 Å². The molecule has 0 aliphatic rings. The third kappa shape index (κ3) is 6.17. The van der Waals surface area contributed by atoms with Crippen molar-refractivity contribution in [3.05, 3.63) is 0 Å². The normalized spacial score (nSPS) is 10.7. The Morgan fingerprint density at radius 2 is 0.792 bits per heavy atom. The van der Waals surface area contributed by atoms with Crippen LogP contribution in [0.15, 0.2) is 0 Å². The SMILES string of the molecule is CCOC(=O)C(C(=O)OCC)C(C)C(C(=O)OCC)C(=O)OCC. The first kappa shape index (κ1) is 21.9. The summed E-state index contributed by atoms with van der Waals surface area (Å²) in [5, 5.41) is 0. The summed E-state index contributed by atoms with van der Waals surface area (Å²) in [4.78, 5) is 48.6. The van der Waals surface area contributed by atoms with Gasteiger partial charge in [0.1, 0.15) is 0 Å². The highest BCUT2D eigenvalue weighted by molar-refractivity contribution is 6.00. The van der Waals surface area contributed by atoms with Crippen LogP contribution in [0, 0.1) is 17.8 Å². The summed E-state index contributed by atoms with van der Waals surface area (Å²) in [5.74, 6) is -7.33. The maximum Gasteiger partial charge on any atom is 0.320 e.